The quantitative estimate of drug-likeness (QED) is 0.400. The summed E-state index contributed by atoms with van der Waals surface area (Å²) in [4.78, 5) is 13.1. The second kappa shape index (κ2) is 11.9. The number of carbonyl (C=O) groups is 1. The van der Waals surface area contributed by atoms with Gasteiger partial charge >= 0.3 is 0 Å². The Kier molecular flexibility index (Phi) is 8.88. The molecule has 0 aliphatic rings. The summed E-state index contributed by atoms with van der Waals surface area (Å²) in [6, 6.07) is 16.4. The Morgan fingerprint density at radius 3 is 2.05 bits per heavy atom. The summed E-state index contributed by atoms with van der Waals surface area (Å²) in [5.74, 6) is 0.762. The number of hydrogen-bond acceptors (Lipinski definition) is 7. The Balaban J connectivity index is 2.04. The van der Waals surface area contributed by atoms with Gasteiger partial charge in [0.05, 0.1) is 45.1 Å². The molecule has 3 aromatic carbocycles. The van der Waals surface area contributed by atoms with E-state index in [0.717, 1.165) is 15.4 Å². The van der Waals surface area contributed by atoms with Gasteiger partial charge in [0.25, 0.3) is 10.0 Å². The van der Waals surface area contributed by atoms with Crippen LogP contribution < -0.4 is 28.6 Å². The SMILES string of the molecule is COc1ccc(OC)c(N(CC(=O)NC(C)c2ccc(C)cc2)S(=O)(=O)c2ccc(OC)c(OC)c2)c1. The Morgan fingerprint density at radius 2 is 1.46 bits per heavy atom. The van der Waals surface area contributed by atoms with Crippen LogP contribution in [0.3, 0.4) is 0 Å². The minimum absolute atomic E-state index is 0.0885. The third-order valence-corrected chi connectivity index (χ3v) is 7.60. The van der Waals surface area contributed by atoms with Crippen LogP contribution >= 0.6 is 0 Å². The number of hydrogen-bond donors (Lipinski definition) is 1. The van der Waals surface area contributed by atoms with E-state index in [0.29, 0.717) is 11.5 Å². The highest BCUT2D eigenvalue weighted by Crippen LogP contribution is 2.37. The summed E-state index contributed by atoms with van der Waals surface area (Å²) in [5, 5.41) is 2.88. The fraction of sp³-hybridized carbons (Fsp3) is 0.296. The third-order valence-electron chi connectivity index (χ3n) is 5.84. The number of benzene rings is 3. The maximum Gasteiger partial charge on any atom is 0.265 e. The fourth-order valence-corrected chi connectivity index (χ4v) is 5.19. The van der Waals surface area contributed by atoms with Crippen LogP contribution in [0.15, 0.2) is 65.6 Å². The van der Waals surface area contributed by atoms with Crippen molar-refractivity contribution >= 4 is 21.6 Å². The summed E-state index contributed by atoms with van der Waals surface area (Å²) >= 11 is 0. The molecule has 1 atom stereocenters. The molecule has 0 fully saturated rings. The number of sulfonamides is 1. The number of carbonyl (C=O) groups excluding carboxylic acids is 1. The predicted octanol–water partition coefficient (Wildman–Crippen LogP) is 4.10. The van der Waals surface area contributed by atoms with Crippen molar-refractivity contribution in [1.82, 2.24) is 5.32 Å². The van der Waals surface area contributed by atoms with Crippen LogP contribution in [0.5, 0.6) is 23.0 Å². The molecule has 198 valence electrons. The smallest absolute Gasteiger partial charge is 0.265 e. The lowest BCUT2D eigenvalue weighted by atomic mass is 10.1. The number of aryl methyl sites for hydroxylation is 1. The molecule has 9 nitrogen and oxygen atoms in total. The first kappa shape index (κ1) is 27.7. The first-order chi connectivity index (χ1) is 17.6. The van der Waals surface area contributed by atoms with E-state index in [1.807, 2.05) is 38.1 Å². The summed E-state index contributed by atoms with van der Waals surface area (Å²) < 4.78 is 50.2. The normalized spacial score (nSPS) is 11.8. The van der Waals surface area contributed by atoms with Crippen LogP contribution in [0.2, 0.25) is 0 Å². The van der Waals surface area contributed by atoms with Gasteiger partial charge in [-0.3, -0.25) is 9.10 Å². The van der Waals surface area contributed by atoms with Crippen molar-refractivity contribution < 1.29 is 32.2 Å². The van der Waals surface area contributed by atoms with Gasteiger partial charge in [0.15, 0.2) is 11.5 Å². The van der Waals surface area contributed by atoms with Gasteiger partial charge in [-0.2, -0.15) is 0 Å². The van der Waals surface area contributed by atoms with Gasteiger partial charge in [-0.1, -0.05) is 29.8 Å². The molecular weight excluding hydrogens is 496 g/mol. The van der Waals surface area contributed by atoms with E-state index in [9.17, 15) is 13.2 Å². The van der Waals surface area contributed by atoms with E-state index in [4.69, 9.17) is 18.9 Å². The zero-order valence-electron chi connectivity index (χ0n) is 21.8. The zero-order chi connectivity index (χ0) is 27.2. The minimum atomic E-state index is -4.27. The Bertz CT molecular complexity index is 1340. The van der Waals surface area contributed by atoms with Gasteiger partial charge in [-0.05, 0) is 43.7 Å². The van der Waals surface area contributed by atoms with Gasteiger partial charge < -0.3 is 24.3 Å². The maximum absolute atomic E-state index is 14.0. The number of nitrogens with one attached hydrogen (secondary N) is 1. The molecule has 1 amide bonds. The van der Waals surface area contributed by atoms with Gasteiger partial charge in [0, 0.05) is 12.1 Å². The molecule has 37 heavy (non-hydrogen) atoms. The molecule has 0 saturated heterocycles. The van der Waals surface area contributed by atoms with E-state index >= 15 is 0 Å². The highest BCUT2D eigenvalue weighted by Gasteiger charge is 2.31. The van der Waals surface area contributed by atoms with Crippen LogP contribution in [-0.4, -0.2) is 49.3 Å². The third kappa shape index (κ3) is 6.26. The summed E-state index contributed by atoms with van der Waals surface area (Å²) in [5.41, 5.74) is 2.14. The van der Waals surface area contributed by atoms with Gasteiger partial charge in [-0.25, -0.2) is 8.42 Å². The van der Waals surface area contributed by atoms with Gasteiger partial charge in [-0.15, -0.1) is 0 Å². The van der Waals surface area contributed by atoms with Gasteiger partial charge in [0.1, 0.15) is 18.0 Å². The van der Waals surface area contributed by atoms with Crippen molar-refractivity contribution in [2.75, 3.05) is 39.3 Å². The predicted molar refractivity (Wildman–Crippen MR) is 141 cm³/mol. The van der Waals surface area contributed by atoms with E-state index in [-0.39, 0.29) is 28.1 Å². The first-order valence-corrected chi connectivity index (χ1v) is 12.9. The highest BCUT2D eigenvalue weighted by molar-refractivity contribution is 7.92. The molecule has 10 heteroatoms. The average Bonchev–Trinajstić information content (AvgIpc) is 2.91. The first-order valence-electron chi connectivity index (χ1n) is 11.5. The standard InChI is InChI=1S/C27H32N2O7S/c1-18-7-9-20(10-8-18)19(2)28-27(30)17-29(23-15-21(33-3)11-13-24(23)34-4)37(31,32)22-12-14-25(35-5)26(16-22)36-6/h7-16,19H,17H2,1-6H3,(H,28,30). The largest absolute Gasteiger partial charge is 0.497 e. The zero-order valence-corrected chi connectivity index (χ0v) is 22.6. The molecule has 0 aliphatic carbocycles. The molecule has 0 heterocycles. The molecular formula is C27H32N2O7S. The lowest BCUT2D eigenvalue weighted by molar-refractivity contribution is -0.120. The molecule has 0 bridgehead atoms. The molecule has 3 rings (SSSR count). The monoisotopic (exact) mass is 528 g/mol. The molecule has 0 spiro atoms. The van der Waals surface area contributed by atoms with Crippen molar-refractivity contribution in [2.45, 2.75) is 24.8 Å². The number of ether oxygens (including phenoxy) is 4. The summed E-state index contributed by atoms with van der Waals surface area (Å²) in [7, 11) is 1.49. The number of nitrogens with zero attached hydrogens (tertiary/aromatic N) is 1. The van der Waals surface area contributed by atoms with E-state index in [2.05, 4.69) is 5.32 Å². The van der Waals surface area contributed by atoms with E-state index < -0.39 is 22.5 Å². The maximum atomic E-state index is 14.0. The van der Waals surface area contributed by atoms with Crippen LogP contribution in [0.4, 0.5) is 5.69 Å². The molecule has 1 N–H and O–H groups in total. The number of amides is 1. The van der Waals surface area contributed by atoms with E-state index in [1.54, 1.807) is 12.1 Å². The summed E-state index contributed by atoms with van der Waals surface area (Å²) in [6.45, 7) is 3.31. The Labute approximate surface area is 218 Å². The average molecular weight is 529 g/mol. The second-order valence-electron chi connectivity index (χ2n) is 8.27. The van der Waals surface area contributed by atoms with Crippen LogP contribution in [0, 0.1) is 6.92 Å². The topological polar surface area (TPSA) is 103 Å². The lowest BCUT2D eigenvalue weighted by Crippen LogP contribution is -2.41. The van der Waals surface area contributed by atoms with Crippen molar-refractivity contribution in [2.24, 2.45) is 0 Å². The van der Waals surface area contributed by atoms with E-state index in [1.165, 1.54) is 52.7 Å². The molecule has 0 saturated carbocycles. The molecule has 0 aliphatic heterocycles. The second-order valence-corrected chi connectivity index (χ2v) is 10.1. The summed E-state index contributed by atoms with van der Waals surface area (Å²) in [6.07, 6.45) is 0. The molecule has 1 unspecified atom stereocenters. The number of anilines is 1. The number of methoxy groups -OCH3 is 4. The van der Waals surface area contributed by atoms with Crippen molar-refractivity contribution in [3.05, 3.63) is 71.8 Å². The highest BCUT2D eigenvalue weighted by atomic mass is 32.2. The fourth-order valence-electron chi connectivity index (χ4n) is 3.75. The number of rotatable bonds is 11. The van der Waals surface area contributed by atoms with Gasteiger partial charge in [0.2, 0.25) is 5.91 Å². The molecule has 3 aromatic rings. The molecule has 0 radical (unpaired) electrons. The van der Waals surface area contributed by atoms with Crippen LogP contribution in [-0.2, 0) is 14.8 Å². The van der Waals surface area contributed by atoms with Crippen LogP contribution in [0.1, 0.15) is 24.1 Å². The lowest BCUT2D eigenvalue weighted by Gasteiger charge is -2.27. The Morgan fingerprint density at radius 1 is 0.838 bits per heavy atom. The van der Waals surface area contributed by atoms with Crippen LogP contribution in [0.25, 0.3) is 0 Å². The van der Waals surface area contributed by atoms with Crippen molar-refractivity contribution in [1.29, 1.82) is 0 Å². The minimum Gasteiger partial charge on any atom is -0.497 e. The Hall–Kier alpha value is -3.92. The van der Waals surface area contributed by atoms with Crippen molar-refractivity contribution in [3.8, 4) is 23.0 Å². The molecule has 0 aromatic heterocycles. The van der Waals surface area contributed by atoms with Crippen molar-refractivity contribution in [3.63, 3.8) is 0 Å².